The van der Waals surface area contributed by atoms with Gasteiger partial charge in [0.15, 0.2) is 0 Å². The number of rotatable bonds is 9. The highest BCUT2D eigenvalue weighted by atomic mass is 19.1. The van der Waals surface area contributed by atoms with E-state index in [4.69, 9.17) is 0 Å². The zero-order valence-corrected chi connectivity index (χ0v) is 17.7. The van der Waals surface area contributed by atoms with Crippen LogP contribution in [0.25, 0.3) is 0 Å². The van der Waals surface area contributed by atoms with Crippen LogP contribution < -0.4 is 0 Å². The Balaban J connectivity index is 1.41. The van der Waals surface area contributed by atoms with Crippen LogP contribution in [0, 0.1) is 17.7 Å². The van der Waals surface area contributed by atoms with Crippen molar-refractivity contribution in [3.05, 3.63) is 71.0 Å². The van der Waals surface area contributed by atoms with E-state index >= 15 is 0 Å². The van der Waals surface area contributed by atoms with E-state index in [2.05, 4.69) is 43.0 Å². The molecule has 1 saturated heterocycles. The summed E-state index contributed by atoms with van der Waals surface area (Å²) in [6.45, 7) is 8.05. The molecular weight excluding hydrogens is 345 g/mol. The highest BCUT2D eigenvalue weighted by Gasteiger charge is 2.19. The molecule has 1 nitrogen and oxygen atoms in total. The average molecular weight is 382 g/mol. The van der Waals surface area contributed by atoms with Gasteiger partial charge in [-0.25, -0.2) is 4.39 Å². The number of piperidine rings is 1. The molecule has 1 unspecified atom stereocenters. The molecule has 2 aromatic carbocycles. The van der Waals surface area contributed by atoms with Gasteiger partial charge in [-0.05, 0) is 79.4 Å². The number of halogens is 1. The van der Waals surface area contributed by atoms with E-state index < -0.39 is 0 Å². The molecule has 0 spiro atoms. The molecule has 0 radical (unpaired) electrons. The van der Waals surface area contributed by atoms with Crippen LogP contribution in [0.2, 0.25) is 0 Å². The van der Waals surface area contributed by atoms with Gasteiger partial charge in [-0.15, -0.1) is 0 Å². The third-order valence-electron chi connectivity index (χ3n) is 6.21. The standard InChI is InChI=1S/C26H36FN/c1-3-4-5-21(2)18-22-6-8-25(9-7-22)20-28-16-14-24(15-17-28)19-23-10-12-26(27)13-11-23/h6-13,21,24H,3-5,14-20H2,1-2H3. The number of benzene rings is 2. The fraction of sp³-hybridized carbons (Fsp3) is 0.538. The van der Waals surface area contributed by atoms with Crippen molar-refractivity contribution >= 4 is 0 Å². The summed E-state index contributed by atoms with van der Waals surface area (Å²) in [7, 11) is 0. The summed E-state index contributed by atoms with van der Waals surface area (Å²) in [6.07, 6.45) is 8.74. The third kappa shape index (κ3) is 6.74. The number of likely N-dealkylation sites (tertiary alicyclic amines) is 1. The Hall–Kier alpha value is -1.67. The number of hydrogen-bond donors (Lipinski definition) is 0. The maximum atomic E-state index is 13.1. The van der Waals surface area contributed by atoms with Crippen LogP contribution in [-0.4, -0.2) is 18.0 Å². The molecule has 0 saturated carbocycles. The summed E-state index contributed by atoms with van der Waals surface area (Å²) < 4.78 is 13.1. The van der Waals surface area contributed by atoms with Crippen molar-refractivity contribution in [3.8, 4) is 0 Å². The largest absolute Gasteiger partial charge is 0.299 e. The first-order chi connectivity index (χ1) is 13.6. The average Bonchev–Trinajstić information content (AvgIpc) is 2.71. The normalized spacial score (nSPS) is 17.0. The second kappa shape index (κ2) is 10.8. The zero-order chi connectivity index (χ0) is 19.8. The first kappa shape index (κ1) is 21.0. The van der Waals surface area contributed by atoms with Gasteiger partial charge in [0.1, 0.15) is 5.82 Å². The van der Waals surface area contributed by atoms with E-state index in [1.165, 1.54) is 68.3 Å². The smallest absolute Gasteiger partial charge is 0.123 e. The van der Waals surface area contributed by atoms with Gasteiger partial charge in [0.25, 0.3) is 0 Å². The SMILES string of the molecule is CCCCC(C)Cc1ccc(CN2CCC(Cc3ccc(F)cc3)CC2)cc1. The number of unbranched alkanes of at least 4 members (excludes halogenated alkanes) is 1. The van der Waals surface area contributed by atoms with Crippen molar-refractivity contribution < 1.29 is 4.39 Å². The molecule has 1 atom stereocenters. The highest BCUT2D eigenvalue weighted by molar-refractivity contribution is 5.23. The van der Waals surface area contributed by atoms with Gasteiger partial charge in [-0.1, -0.05) is 69.5 Å². The van der Waals surface area contributed by atoms with Crippen LogP contribution in [0.5, 0.6) is 0 Å². The van der Waals surface area contributed by atoms with E-state index in [-0.39, 0.29) is 5.82 Å². The van der Waals surface area contributed by atoms with Gasteiger partial charge in [-0.2, -0.15) is 0 Å². The van der Waals surface area contributed by atoms with Crippen LogP contribution in [0.15, 0.2) is 48.5 Å². The van der Waals surface area contributed by atoms with Gasteiger partial charge < -0.3 is 0 Å². The quantitative estimate of drug-likeness (QED) is 0.470. The van der Waals surface area contributed by atoms with E-state index in [0.717, 1.165) is 24.8 Å². The lowest BCUT2D eigenvalue weighted by Gasteiger charge is -2.32. The second-order valence-electron chi connectivity index (χ2n) is 8.82. The maximum absolute atomic E-state index is 13.1. The highest BCUT2D eigenvalue weighted by Crippen LogP contribution is 2.23. The lowest BCUT2D eigenvalue weighted by molar-refractivity contribution is 0.177. The summed E-state index contributed by atoms with van der Waals surface area (Å²) >= 11 is 0. The predicted molar refractivity (Wildman–Crippen MR) is 117 cm³/mol. The van der Waals surface area contributed by atoms with E-state index in [1.807, 2.05) is 12.1 Å². The van der Waals surface area contributed by atoms with Crippen molar-refractivity contribution in [1.29, 1.82) is 0 Å². The molecule has 0 aromatic heterocycles. The summed E-state index contributed by atoms with van der Waals surface area (Å²) in [5.74, 6) is 1.37. The van der Waals surface area contributed by atoms with Crippen molar-refractivity contribution in [2.75, 3.05) is 13.1 Å². The summed E-state index contributed by atoms with van der Waals surface area (Å²) in [5.41, 5.74) is 4.18. The van der Waals surface area contributed by atoms with Crippen LogP contribution >= 0.6 is 0 Å². The monoisotopic (exact) mass is 381 g/mol. The Morgan fingerprint density at radius 2 is 1.54 bits per heavy atom. The Kier molecular flexibility index (Phi) is 8.09. The summed E-state index contributed by atoms with van der Waals surface area (Å²) in [6, 6.07) is 16.4. The molecule has 0 bridgehead atoms. The van der Waals surface area contributed by atoms with E-state index in [1.54, 1.807) is 12.1 Å². The molecule has 2 heteroatoms. The Labute approximate surface area is 171 Å². The van der Waals surface area contributed by atoms with Crippen molar-refractivity contribution in [2.45, 2.75) is 65.3 Å². The molecule has 1 fully saturated rings. The number of nitrogens with zero attached hydrogens (tertiary/aromatic N) is 1. The molecule has 0 aliphatic carbocycles. The molecule has 2 aromatic rings. The molecule has 1 heterocycles. The zero-order valence-electron chi connectivity index (χ0n) is 17.7. The van der Waals surface area contributed by atoms with Gasteiger partial charge in [0.05, 0.1) is 0 Å². The molecule has 1 aliphatic heterocycles. The van der Waals surface area contributed by atoms with Crippen LogP contribution in [0.1, 0.15) is 62.6 Å². The molecule has 0 amide bonds. The summed E-state index contributed by atoms with van der Waals surface area (Å²) in [5, 5.41) is 0. The van der Waals surface area contributed by atoms with Gasteiger partial charge in [0, 0.05) is 6.54 Å². The van der Waals surface area contributed by atoms with E-state index in [0.29, 0.717) is 0 Å². The fourth-order valence-corrected chi connectivity index (χ4v) is 4.40. The Morgan fingerprint density at radius 1 is 0.929 bits per heavy atom. The molecule has 1 aliphatic rings. The Morgan fingerprint density at radius 3 is 2.18 bits per heavy atom. The van der Waals surface area contributed by atoms with Gasteiger partial charge in [-0.3, -0.25) is 4.90 Å². The van der Waals surface area contributed by atoms with Crippen molar-refractivity contribution in [1.82, 2.24) is 4.90 Å². The molecular formula is C26H36FN. The molecule has 28 heavy (non-hydrogen) atoms. The number of hydrogen-bond acceptors (Lipinski definition) is 1. The molecule has 3 rings (SSSR count). The molecule has 0 N–H and O–H groups in total. The van der Waals surface area contributed by atoms with Crippen LogP contribution in [-0.2, 0) is 19.4 Å². The lowest BCUT2D eigenvalue weighted by Crippen LogP contribution is -2.33. The van der Waals surface area contributed by atoms with Crippen molar-refractivity contribution in [3.63, 3.8) is 0 Å². The van der Waals surface area contributed by atoms with Gasteiger partial charge >= 0.3 is 0 Å². The molecule has 152 valence electrons. The first-order valence-corrected chi connectivity index (χ1v) is 11.2. The first-order valence-electron chi connectivity index (χ1n) is 11.2. The van der Waals surface area contributed by atoms with Crippen LogP contribution in [0.4, 0.5) is 4.39 Å². The van der Waals surface area contributed by atoms with Crippen LogP contribution in [0.3, 0.4) is 0 Å². The minimum absolute atomic E-state index is 0.139. The second-order valence-corrected chi connectivity index (χ2v) is 8.82. The minimum atomic E-state index is -0.139. The third-order valence-corrected chi connectivity index (χ3v) is 6.21. The topological polar surface area (TPSA) is 3.24 Å². The Bertz CT molecular complexity index is 683. The lowest BCUT2D eigenvalue weighted by atomic mass is 9.90. The predicted octanol–water partition coefficient (Wildman–Crippen LogP) is 6.65. The summed E-state index contributed by atoms with van der Waals surface area (Å²) in [4.78, 5) is 2.58. The van der Waals surface area contributed by atoms with Gasteiger partial charge in [0.2, 0.25) is 0 Å². The van der Waals surface area contributed by atoms with Crippen molar-refractivity contribution in [2.24, 2.45) is 11.8 Å². The fourth-order valence-electron chi connectivity index (χ4n) is 4.40. The maximum Gasteiger partial charge on any atom is 0.123 e. The minimum Gasteiger partial charge on any atom is -0.299 e. The van der Waals surface area contributed by atoms with E-state index in [9.17, 15) is 4.39 Å².